The van der Waals surface area contributed by atoms with E-state index in [1.165, 1.54) is 6.07 Å². The van der Waals surface area contributed by atoms with Gasteiger partial charge in [-0.2, -0.15) is 0 Å². The number of carbonyl (C=O) groups is 2. The van der Waals surface area contributed by atoms with Gasteiger partial charge in [-0.05, 0) is 43.7 Å². The fourth-order valence-electron chi connectivity index (χ4n) is 3.91. The summed E-state index contributed by atoms with van der Waals surface area (Å²) in [6, 6.07) is 6.71. The number of ketones is 2. The monoisotopic (exact) mass is 470 g/mol. The van der Waals surface area contributed by atoms with Crippen LogP contribution < -0.4 is 21.3 Å². The van der Waals surface area contributed by atoms with Crippen molar-refractivity contribution < 1.29 is 19.8 Å². The largest absolute Gasteiger partial charge is 0.507 e. The molecule has 8 nitrogen and oxygen atoms in total. The Morgan fingerprint density at radius 3 is 1.76 bits per heavy atom. The van der Waals surface area contributed by atoms with Crippen LogP contribution in [0, 0.1) is 6.92 Å². The van der Waals surface area contributed by atoms with Crippen molar-refractivity contribution in [2.45, 2.75) is 34.1 Å². The number of phenolic OH excluding ortho intramolecular Hbond substituents is 1. The van der Waals surface area contributed by atoms with Crippen molar-refractivity contribution in [2.75, 3.05) is 56.5 Å². The van der Waals surface area contributed by atoms with Crippen molar-refractivity contribution in [3.8, 4) is 5.75 Å². The smallest absolute Gasteiger partial charge is 0.200 e. The molecule has 8 heteroatoms. The Morgan fingerprint density at radius 1 is 0.706 bits per heavy atom. The molecule has 0 saturated heterocycles. The van der Waals surface area contributed by atoms with Crippen molar-refractivity contribution in [3.05, 3.63) is 52.1 Å². The van der Waals surface area contributed by atoms with Crippen LogP contribution in [0.3, 0.4) is 0 Å². The van der Waals surface area contributed by atoms with Gasteiger partial charge in [0.05, 0.1) is 23.3 Å². The van der Waals surface area contributed by atoms with Crippen molar-refractivity contribution >= 4 is 22.9 Å². The number of rotatable bonds is 12. The number of hydrogen-bond acceptors (Lipinski definition) is 8. The van der Waals surface area contributed by atoms with Gasteiger partial charge in [0.2, 0.25) is 0 Å². The number of phenols is 1. The van der Waals surface area contributed by atoms with Gasteiger partial charge in [0.1, 0.15) is 5.75 Å². The van der Waals surface area contributed by atoms with E-state index in [2.05, 4.69) is 28.2 Å². The maximum absolute atomic E-state index is 13.6. The highest BCUT2D eigenvalue weighted by Crippen LogP contribution is 2.40. The number of aryl methyl sites for hydroxylation is 1. The van der Waals surface area contributed by atoms with E-state index in [-0.39, 0.29) is 40.6 Å². The van der Waals surface area contributed by atoms with E-state index in [0.717, 1.165) is 19.5 Å². The van der Waals surface area contributed by atoms with E-state index >= 15 is 0 Å². The molecule has 0 aromatic heterocycles. The summed E-state index contributed by atoms with van der Waals surface area (Å²) in [5.41, 5.74) is 2.74. The van der Waals surface area contributed by atoms with Crippen LogP contribution in [0.2, 0.25) is 0 Å². The number of fused-ring (bicyclic) bond motifs is 2. The summed E-state index contributed by atoms with van der Waals surface area (Å²) in [4.78, 5) is 27.1. The normalized spacial score (nSPS) is 11.9. The molecule has 6 N–H and O–H groups in total. The molecule has 0 atom stereocenters. The van der Waals surface area contributed by atoms with E-state index in [1.807, 2.05) is 19.9 Å². The fraction of sp³-hybridized carbons (Fsp3) is 0.462. The first-order valence-electron chi connectivity index (χ1n) is 12.1. The average Bonchev–Trinajstić information content (AvgIpc) is 2.85. The molecular formula is C26H38N4O4. The number of nitrogens with one attached hydrogen (secondary N) is 4. The Labute approximate surface area is 202 Å². The molecule has 186 valence electrons. The Morgan fingerprint density at radius 2 is 1.24 bits per heavy atom. The Balaban J connectivity index is 0.00000199. The second-order valence-electron chi connectivity index (χ2n) is 7.80. The lowest BCUT2D eigenvalue weighted by atomic mass is 9.80. The first kappa shape index (κ1) is 27.3. The summed E-state index contributed by atoms with van der Waals surface area (Å²) < 4.78 is 0. The van der Waals surface area contributed by atoms with Gasteiger partial charge in [-0.25, -0.2) is 0 Å². The standard InChI is InChI=1S/C24H32N4O4.C2H6/c1-3-8-25-9-11-27-16-5-6-17(28-12-10-26-13-14-29)21-20(16)23(31)19-15(2)4-7-18(30)22(19)24(21)32;1-2/h4-7,25-30H,3,8-14H2,1-2H3;1-2H3. The predicted molar refractivity (Wildman–Crippen MR) is 138 cm³/mol. The molecule has 1 aliphatic rings. The highest BCUT2D eigenvalue weighted by molar-refractivity contribution is 6.33. The first-order valence-corrected chi connectivity index (χ1v) is 12.1. The third-order valence-corrected chi connectivity index (χ3v) is 5.46. The van der Waals surface area contributed by atoms with Crippen LogP contribution in [0.25, 0.3) is 0 Å². The Kier molecular flexibility index (Phi) is 11.0. The van der Waals surface area contributed by atoms with Crippen LogP contribution in [0.15, 0.2) is 24.3 Å². The summed E-state index contributed by atoms with van der Waals surface area (Å²) in [6.45, 7) is 11.7. The molecule has 3 rings (SSSR count). The maximum atomic E-state index is 13.6. The van der Waals surface area contributed by atoms with Crippen LogP contribution in [0.5, 0.6) is 5.75 Å². The Hall–Kier alpha value is -2.94. The second-order valence-corrected chi connectivity index (χ2v) is 7.80. The van der Waals surface area contributed by atoms with Crippen LogP contribution in [-0.4, -0.2) is 67.7 Å². The van der Waals surface area contributed by atoms with Crippen LogP contribution >= 0.6 is 0 Å². The van der Waals surface area contributed by atoms with E-state index in [1.54, 1.807) is 19.1 Å². The van der Waals surface area contributed by atoms with Gasteiger partial charge in [-0.3, -0.25) is 9.59 Å². The molecule has 0 spiro atoms. The third kappa shape index (κ3) is 6.14. The molecule has 0 radical (unpaired) electrons. The predicted octanol–water partition coefficient (Wildman–Crippen LogP) is 2.91. The lowest BCUT2D eigenvalue weighted by Crippen LogP contribution is -2.28. The van der Waals surface area contributed by atoms with Gasteiger partial charge in [-0.1, -0.05) is 26.8 Å². The SMILES string of the molecule is CC.CCCNCCNc1ccc(NCCNCCO)c2c1C(=O)c1c(C)ccc(O)c1C2=O. The van der Waals surface area contributed by atoms with Crippen molar-refractivity contribution in [2.24, 2.45) is 0 Å². The summed E-state index contributed by atoms with van der Waals surface area (Å²) in [5.74, 6) is -0.823. The van der Waals surface area contributed by atoms with Crippen LogP contribution in [0.4, 0.5) is 11.4 Å². The minimum Gasteiger partial charge on any atom is -0.507 e. The molecule has 2 aromatic rings. The van der Waals surface area contributed by atoms with E-state index in [4.69, 9.17) is 5.11 Å². The Bertz CT molecular complexity index is 913. The number of benzene rings is 2. The van der Waals surface area contributed by atoms with Crippen molar-refractivity contribution in [1.29, 1.82) is 0 Å². The summed E-state index contributed by atoms with van der Waals surface area (Å²) in [6.07, 6.45) is 1.04. The number of aliphatic hydroxyl groups excluding tert-OH is 1. The quantitative estimate of drug-likeness (QED) is 0.223. The van der Waals surface area contributed by atoms with E-state index in [0.29, 0.717) is 48.7 Å². The number of aromatic hydroxyl groups is 1. The van der Waals surface area contributed by atoms with Crippen LogP contribution in [0.1, 0.15) is 64.6 Å². The van der Waals surface area contributed by atoms with Gasteiger partial charge < -0.3 is 31.5 Å². The second kappa shape index (κ2) is 13.7. The topological polar surface area (TPSA) is 123 Å². The molecule has 0 bridgehead atoms. The molecule has 0 saturated carbocycles. The molecule has 1 aliphatic carbocycles. The molecule has 34 heavy (non-hydrogen) atoms. The van der Waals surface area contributed by atoms with Gasteiger partial charge in [0.15, 0.2) is 11.6 Å². The van der Waals surface area contributed by atoms with Crippen molar-refractivity contribution in [1.82, 2.24) is 10.6 Å². The van der Waals surface area contributed by atoms with Crippen molar-refractivity contribution in [3.63, 3.8) is 0 Å². The lowest BCUT2D eigenvalue weighted by molar-refractivity contribution is 0.0977. The molecule has 0 fully saturated rings. The van der Waals surface area contributed by atoms with E-state index in [9.17, 15) is 14.7 Å². The molecule has 0 heterocycles. The number of aliphatic hydroxyl groups is 1. The highest BCUT2D eigenvalue weighted by Gasteiger charge is 2.36. The molecule has 0 amide bonds. The zero-order valence-electron chi connectivity index (χ0n) is 20.7. The number of carbonyl (C=O) groups excluding carboxylic acids is 2. The minimum absolute atomic E-state index is 0.0469. The van der Waals surface area contributed by atoms with Gasteiger partial charge in [0.25, 0.3) is 0 Å². The molecule has 0 aliphatic heterocycles. The van der Waals surface area contributed by atoms with Gasteiger partial charge in [-0.15, -0.1) is 0 Å². The van der Waals surface area contributed by atoms with Gasteiger partial charge in [0, 0.05) is 49.7 Å². The van der Waals surface area contributed by atoms with Gasteiger partial charge >= 0.3 is 0 Å². The fourth-order valence-corrected chi connectivity index (χ4v) is 3.91. The minimum atomic E-state index is -0.366. The third-order valence-electron chi connectivity index (χ3n) is 5.46. The average molecular weight is 471 g/mol. The lowest BCUT2D eigenvalue weighted by Gasteiger charge is -2.25. The molecular weight excluding hydrogens is 432 g/mol. The summed E-state index contributed by atoms with van der Waals surface area (Å²) in [7, 11) is 0. The maximum Gasteiger partial charge on any atom is 0.200 e. The zero-order chi connectivity index (χ0) is 25.1. The summed E-state index contributed by atoms with van der Waals surface area (Å²) >= 11 is 0. The molecule has 0 unspecified atom stereocenters. The summed E-state index contributed by atoms with van der Waals surface area (Å²) in [5, 5.41) is 32.2. The highest BCUT2D eigenvalue weighted by atomic mass is 16.3. The number of hydrogen-bond donors (Lipinski definition) is 6. The number of anilines is 2. The van der Waals surface area contributed by atoms with Crippen LogP contribution in [-0.2, 0) is 0 Å². The zero-order valence-corrected chi connectivity index (χ0v) is 20.7. The first-order chi connectivity index (χ1) is 16.5. The van der Waals surface area contributed by atoms with E-state index < -0.39 is 0 Å². The molecule has 2 aromatic carbocycles.